The van der Waals surface area contributed by atoms with Crippen molar-refractivity contribution in [2.75, 3.05) is 30.4 Å². The van der Waals surface area contributed by atoms with Crippen molar-refractivity contribution in [2.24, 2.45) is 0 Å². The van der Waals surface area contributed by atoms with Crippen LogP contribution in [-0.2, 0) is 4.79 Å². The molecule has 1 fully saturated rings. The van der Waals surface area contributed by atoms with Crippen LogP contribution in [0.2, 0.25) is 0 Å². The van der Waals surface area contributed by atoms with Gasteiger partial charge in [-0.2, -0.15) is 0 Å². The quantitative estimate of drug-likeness (QED) is 0.473. The van der Waals surface area contributed by atoms with Crippen LogP contribution in [0.25, 0.3) is 6.08 Å². The molecular formula is C17H22ClN3O2. The lowest BCUT2D eigenvalue weighted by Crippen LogP contribution is -2.31. The topological polar surface area (TPSA) is 52.7 Å². The van der Waals surface area contributed by atoms with Gasteiger partial charge in [0.25, 0.3) is 5.91 Å². The highest BCUT2D eigenvalue weighted by Gasteiger charge is 2.32. The van der Waals surface area contributed by atoms with Gasteiger partial charge in [0.2, 0.25) is 0 Å². The van der Waals surface area contributed by atoms with E-state index >= 15 is 0 Å². The van der Waals surface area contributed by atoms with Gasteiger partial charge in [-0.15, -0.1) is 11.6 Å². The van der Waals surface area contributed by atoms with Crippen LogP contribution in [0, 0.1) is 0 Å². The number of nitrogens with zero attached hydrogens (tertiary/aromatic N) is 2. The highest BCUT2D eigenvalue weighted by atomic mass is 35.5. The molecule has 1 aromatic carbocycles. The van der Waals surface area contributed by atoms with Crippen LogP contribution >= 0.6 is 11.6 Å². The fourth-order valence-electron chi connectivity index (χ4n) is 2.53. The zero-order valence-electron chi connectivity index (χ0n) is 13.5. The number of benzene rings is 1. The molecule has 6 heteroatoms. The Labute approximate surface area is 141 Å². The first-order valence-electron chi connectivity index (χ1n) is 7.86. The van der Waals surface area contributed by atoms with E-state index in [-0.39, 0.29) is 11.9 Å². The van der Waals surface area contributed by atoms with E-state index in [0.717, 1.165) is 24.3 Å². The van der Waals surface area contributed by atoms with Crippen LogP contribution in [-0.4, -0.2) is 42.4 Å². The van der Waals surface area contributed by atoms with E-state index in [0.29, 0.717) is 24.5 Å². The molecule has 0 radical (unpaired) electrons. The molecule has 0 atom stereocenters. The molecule has 0 bridgehead atoms. The van der Waals surface area contributed by atoms with Crippen LogP contribution in [0.3, 0.4) is 0 Å². The van der Waals surface area contributed by atoms with Crippen molar-refractivity contribution < 1.29 is 9.59 Å². The van der Waals surface area contributed by atoms with Gasteiger partial charge in [0.1, 0.15) is 5.70 Å². The standard InChI is InChI=1S/C17H22ClN3O2/c1-3-20(4-2)14-8-6-13(7-9-14)12-15-16(22)21(11-5-10-18)17(23)19-15/h6-9,12H,3-5,10-11H2,1-2H3,(H,19,23). The lowest BCUT2D eigenvalue weighted by molar-refractivity contribution is -0.122. The number of carbonyl (C=O) groups excluding carboxylic acids is 2. The molecule has 0 aliphatic carbocycles. The number of alkyl halides is 1. The lowest BCUT2D eigenvalue weighted by atomic mass is 10.1. The second-order valence-electron chi connectivity index (χ2n) is 5.25. The first-order valence-corrected chi connectivity index (χ1v) is 8.39. The van der Waals surface area contributed by atoms with Crippen LogP contribution in [0.4, 0.5) is 10.5 Å². The number of hydrogen-bond acceptors (Lipinski definition) is 3. The largest absolute Gasteiger partial charge is 0.372 e. The van der Waals surface area contributed by atoms with E-state index < -0.39 is 0 Å². The summed E-state index contributed by atoms with van der Waals surface area (Å²) in [5, 5.41) is 2.62. The van der Waals surface area contributed by atoms with E-state index in [2.05, 4.69) is 24.1 Å². The van der Waals surface area contributed by atoms with Crippen molar-refractivity contribution in [1.29, 1.82) is 0 Å². The van der Waals surface area contributed by atoms with E-state index in [1.165, 1.54) is 4.90 Å². The highest BCUT2D eigenvalue weighted by Crippen LogP contribution is 2.18. The fourth-order valence-corrected chi connectivity index (χ4v) is 2.65. The number of hydrogen-bond donors (Lipinski definition) is 1. The number of halogens is 1. The van der Waals surface area contributed by atoms with Crippen LogP contribution in [0.5, 0.6) is 0 Å². The van der Waals surface area contributed by atoms with Crippen molar-refractivity contribution >= 4 is 35.3 Å². The molecule has 1 aromatic rings. The summed E-state index contributed by atoms with van der Waals surface area (Å²) in [6, 6.07) is 7.55. The number of rotatable bonds is 7. The zero-order valence-corrected chi connectivity index (χ0v) is 14.3. The summed E-state index contributed by atoms with van der Waals surface area (Å²) < 4.78 is 0. The van der Waals surface area contributed by atoms with E-state index in [4.69, 9.17) is 11.6 Å². The molecule has 124 valence electrons. The van der Waals surface area contributed by atoms with Crippen molar-refractivity contribution in [3.63, 3.8) is 0 Å². The number of nitrogens with one attached hydrogen (secondary N) is 1. The van der Waals surface area contributed by atoms with Crippen molar-refractivity contribution in [3.05, 3.63) is 35.5 Å². The average molecular weight is 336 g/mol. The summed E-state index contributed by atoms with van der Waals surface area (Å²) in [4.78, 5) is 27.5. The Kier molecular flexibility index (Phi) is 6.04. The molecule has 23 heavy (non-hydrogen) atoms. The second kappa shape index (κ2) is 8.02. The Bertz CT molecular complexity index is 594. The minimum Gasteiger partial charge on any atom is -0.372 e. The molecular weight excluding hydrogens is 314 g/mol. The van der Waals surface area contributed by atoms with E-state index in [1.807, 2.05) is 24.3 Å². The van der Waals surface area contributed by atoms with Gasteiger partial charge in [0.15, 0.2) is 0 Å². The Hall–Kier alpha value is -2.01. The van der Waals surface area contributed by atoms with E-state index in [1.54, 1.807) is 6.08 Å². The minimum atomic E-state index is -0.383. The van der Waals surface area contributed by atoms with Gasteiger partial charge in [-0.1, -0.05) is 12.1 Å². The first-order chi connectivity index (χ1) is 11.1. The highest BCUT2D eigenvalue weighted by molar-refractivity contribution is 6.18. The number of anilines is 1. The van der Waals surface area contributed by atoms with Gasteiger partial charge in [0.05, 0.1) is 0 Å². The molecule has 0 saturated carbocycles. The Morgan fingerprint density at radius 2 is 1.83 bits per heavy atom. The summed E-state index contributed by atoms with van der Waals surface area (Å²) in [6.45, 7) is 6.46. The smallest absolute Gasteiger partial charge is 0.329 e. The lowest BCUT2D eigenvalue weighted by Gasteiger charge is -2.20. The number of imide groups is 1. The van der Waals surface area contributed by atoms with Crippen LogP contribution in [0.15, 0.2) is 30.0 Å². The summed E-state index contributed by atoms with van der Waals surface area (Å²) in [5.41, 5.74) is 2.33. The van der Waals surface area contributed by atoms with Gasteiger partial charge >= 0.3 is 6.03 Å². The zero-order chi connectivity index (χ0) is 16.8. The molecule has 0 spiro atoms. The maximum Gasteiger partial charge on any atom is 0.329 e. The van der Waals surface area contributed by atoms with Gasteiger partial charge in [-0.3, -0.25) is 9.69 Å². The fraction of sp³-hybridized carbons (Fsp3) is 0.412. The predicted molar refractivity (Wildman–Crippen MR) is 93.6 cm³/mol. The molecule has 0 unspecified atom stereocenters. The van der Waals surface area contributed by atoms with Gasteiger partial charge < -0.3 is 10.2 Å². The van der Waals surface area contributed by atoms with Crippen molar-refractivity contribution in [3.8, 4) is 0 Å². The average Bonchev–Trinajstić information content (AvgIpc) is 2.82. The molecule has 3 amide bonds. The van der Waals surface area contributed by atoms with Gasteiger partial charge in [0, 0.05) is 31.2 Å². The summed E-state index contributed by atoms with van der Waals surface area (Å²) >= 11 is 5.62. The maximum absolute atomic E-state index is 12.2. The SMILES string of the molecule is CCN(CC)c1ccc(C=C2NC(=O)N(CCCCl)C2=O)cc1. The number of amides is 3. The van der Waals surface area contributed by atoms with Crippen LogP contribution in [0.1, 0.15) is 25.8 Å². The third-order valence-electron chi connectivity index (χ3n) is 3.81. The Balaban J connectivity index is 2.13. The normalized spacial score (nSPS) is 16.1. The number of urea groups is 1. The van der Waals surface area contributed by atoms with Crippen molar-refractivity contribution in [2.45, 2.75) is 20.3 Å². The van der Waals surface area contributed by atoms with Crippen LogP contribution < -0.4 is 10.2 Å². The summed E-state index contributed by atoms with van der Waals surface area (Å²) in [6.07, 6.45) is 2.29. The Morgan fingerprint density at radius 1 is 1.17 bits per heavy atom. The van der Waals surface area contributed by atoms with Gasteiger partial charge in [-0.25, -0.2) is 4.79 Å². The molecule has 1 saturated heterocycles. The molecule has 0 aromatic heterocycles. The minimum absolute atomic E-state index is 0.298. The molecule has 1 aliphatic rings. The molecule has 1 aliphatic heterocycles. The third-order valence-corrected chi connectivity index (χ3v) is 4.08. The maximum atomic E-state index is 12.2. The second-order valence-corrected chi connectivity index (χ2v) is 5.63. The van der Waals surface area contributed by atoms with Gasteiger partial charge in [-0.05, 0) is 44.0 Å². The third kappa shape index (κ3) is 4.05. The molecule has 1 N–H and O–H groups in total. The molecule has 2 rings (SSSR count). The summed E-state index contributed by atoms with van der Waals surface area (Å²) in [7, 11) is 0. The first kappa shape index (κ1) is 17.3. The molecule has 1 heterocycles. The van der Waals surface area contributed by atoms with E-state index in [9.17, 15) is 9.59 Å². The Morgan fingerprint density at radius 3 is 2.39 bits per heavy atom. The number of carbonyl (C=O) groups is 2. The monoisotopic (exact) mass is 335 g/mol. The van der Waals surface area contributed by atoms with Crippen molar-refractivity contribution in [1.82, 2.24) is 10.2 Å². The molecule has 5 nitrogen and oxygen atoms in total. The summed E-state index contributed by atoms with van der Waals surface area (Å²) in [5.74, 6) is 0.121. The predicted octanol–water partition coefficient (Wildman–Crippen LogP) is 3.05.